The standard InChI is InChI=1S/C13H16ClNO4S/c1-8-9(2)12(20(14,17)18)5-4-10(8)19-11-6-7-15(3)13(11)16/h4-5,11H,6-7H2,1-3H3. The van der Waals surface area contributed by atoms with E-state index in [1.165, 1.54) is 6.07 Å². The van der Waals surface area contributed by atoms with Crippen molar-refractivity contribution in [1.82, 2.24) is 4.90 Å². The van der Waals surface area contributed by atoms with Gasteiger partial charge in [0, 0.05) is 30.7 Å². The summed E-state index contributed by atoms with van der Waals surface area (Å²) in [7, 11) is 3.32. The summed E-state index contributed by atoms with van der Waals surface area (Å²) in [6.45, 7) is 4.08. The lowest BCUT2D eigenvalue weighted by molar-refractivity contribution is -0.132. The van der Waals surface area contributed by atoms with Crippen molar-refractivity contribution in [1.29, 1.82) is 0 Å². The van der Waals surface area contributed by atoms with E-state index in [0.717, 1.165) is 0 Å². The fraction of sp³-hybridized carbons (Fsp3) is 0.462. The molecule has 1 unspecified atom stereocenters. The molecule has 1 aliphatic rings. The average molecular weight is 318 g/mol. The predicted molar refractivity (Wildman–Crippen MR) is 75.6 cm³/mol. The Hall–Kier alpha value is -1.27. The number of amides is 1. The lowest BCUT2D eigenvalue weighted by atomic mass is 10.1. The number of hydrogen-bond acceptors (Lipinski definition) is 4. The zero-order chi connectivity index (χ0) is 15.1. The average Bonchev–Trinajstić information content (AvgIpc) is 2.65. The molecule has 110 valence electrons. The molecule has 0 aromatic heterocycles. The Labute approximate surface area is 122 Å². The molecule has 0 radical (unpaired) electrons. The van der Waals surface area contributed by atoms with Crippen LogP contribution in [-0.4, -0.2) is 38.9 Å². The van der Waals surface area contributed by atoms with E-state index in [4.69, 9.17) is 15.4 Å². The molecular weight excluding hydrogens is 302 g/mol. The molecule has 1 amide bonds. The molecule has 2 rings (SSSR count). The Morgan fingerprint density at radius 1 is 1.30 bits per heavy atom. The Bertz CT molecular complexity index is 657. The Balaban J connectivity index is 2.31. The van der Waals surface area contributed by atoms with Gasteiger partial charge in [-0.05, 0) is 37.1 Å². The smallest absolute Gasteiger partial charge is 0.263 e. The third-order valence-corrected chi connectivity index (χ3v) is 5.06. The first kappa shape index (κ1) is 15.1. The molecule has 7 heteroatoms. The number of carbonyl (C=O) groups is 1. The van der Waals surface area contributed by atoms with Crippen molar-refractivity contribution in [3.63, 3.8) is 0 Å². The van der Waals surface area contributed by atoms with Crippen LogP contribution in [0.5, 0.6) is 5.75 Å². The molecule has 20 heavy (non-hydrogen) atoms. The number of benzene rings is 1. The van der Waals surface area contributed by atoms with E-state index in [0.29, 0.717) is 29.8 Å². The number of ether oxygens (including phenoxy) is 1. The fourth-order valence-electron chi connectivity index (χ4n) is 2.22. The van der Waals surface area contributed by atoms with Crippen molar-refractivity contribution in [2.24, 2.45) is 0 Å². The van der Waals surface area contributed by atoms with E-state index in [1.807, 2.05) is 0 Å². The second kappa shape index (κ2) is 5.26. The van der Waals surface area contributed by atoms with Crippen LogP contribution in [0, 0.1) is 13.8 Å². The SMILES string of the molecule is Cc1c(OC2CCN(C)C2=O)ccc(S(=O)(=O)Cl)c1C. The number of rotatable bonds is 3. The highest BCUT2D eigenvalue weighted by Crippen LogP contribution is 2.30. The van der Waals surface area contributed by atoms with Gasteiger partial charge in [0.2, 0.25) is 0 Å². The quantitative estimate of drug-likeness (QED) is 0.798. The van der Waals surface area contributed by atoms with Crippen LogP contribution in [-0.2, 0) is 13.8 Å². The molecule has 0 bridgehead atoms. The number of hydrogen-bond donors (Lipinski definition) is 0. The Morgan fingerprint density at radius 3 is 2.45 bits per heavy atom. The van der Waals surface area contributed by atoms with Crippen LogP contribution in [0.15, 0.2) is 17.0 Å². The van der Waals surface area contributed by atoms with Crippen molar-refractivity contribution in [3.05, 3.63) is 23.3 Å². The summed E-state index contributed by atoms with van der Waals surface area (Å²) in [6, 6.07) is 2.95. The highest BCUT2D eigenvalue weighted by atomic mass is 35.7. The summed E-state index contributed by atoms with van der Waals surface area (Å²) >= 11 is 0. The van der Waals surface area contributed by atoms with E-state index < -0.39 is 15.2 Å². The minimum atomic E-state index is -3.78. The fourth-order valence-corrected chi connectivity index (χ4v) is 3.47. The van der Waals surface area contributed by atoms with E-state index in [-0.39, 0.29) is 10.8 Å². The minimum Gasteiger partial charge on any atom is -0.480 e. The zero-order valence-corrected chi connectivity index (χ0v) is 13.1. The second-order valence-corrected chi connectivity index (χ2v) is 7.44. The summed E-state index contributed by atoms with van der Waals surface area (Å²) in [5.74, 6) is 0.455. The Kier molecular flexibility index (Phi) is 3.97. The van der Waals surface area contributed by atoms with Crippen molar-refractivity contribution >= 4 is 25.6 Å². The number of likely N-dealkylation sites (tertiary alicyclic amines) is 1. The number of halogens is 1. The van der Waals surface area contributed by atoms with E-state index in [1.54, 1.807) is 31.9 Å². The van der Waals surface area contributed by atoms with Crippen LogP contribution in [0.25, 0.3) is 0 Å². The van der Waals surface area contributed by atoms with E-state index in [9.17, 15) is 13.2 Å². The van der Waals surface area contributed by atoms with Gasteiger partial charge in [0.05, 0.1) is 4.90 Å². The molecular formula is C13H16ClNO4S. The minimum absolute atomic E-state index is 0.0592. The molecule has 0 saturated carbocycles. The Morgan fingerprint density at radius 2 is 1.95 bits per heavy atom. The van der Waals surface area contributed by atoms with Gasteiger partial charge in [0.15, 0.2) is 6.10 Å². The lowest BCUT2D eigenvalue weighted by Gasteiger charge is -2.17. The van der Waals surface area contributed by atoms with Crippen LogP contribution >= 0.6 is 10.7 Å². The molecule has 1 aliphatic heterocycles. The van der Waals surface area contributed by atoms with Crippen LogP contribution in [0.1, 0.15) is 17.5 Å². The summed E-state index contributed by atoms with van der Waals surface area (Å²) in [4.78, 5) is 13.5. The van der Waals surface area contributed by atoms with Crippen molar-refractivity contribution in [2.45, 2.75) is 31.3 Å². The lowest BCUT2D eigenvalue weighted by Crippen LogP contribution is -2.29. The maximum atomic E-state index is 11.8. The molecule has 0 aliphatic carbocycles. The summed E-state index contributed by atoms with van der Waals surface area (Å²) in [6.07, 6.45) is 0.125. The maximum Gasteiger partial charge on any atom is 0.263 e. The molecule has 1 aromatic rings. The number of nitrogens with zero attached hydrogens (tertiary/aromatic N) is 1. The van der Waals surface area contributed by atoms with Gasteiger partial charge in [-0.2, -0.15) is 0 Å². The monoisotopic (exact) mass is 317 g/mol. The van der Waals surface area contributed by atoms with Gasteiger partial charge in [0.1, 0.15) is 5.75 Å². The molecule has 1 aromatic carbocycles. The topological polar surface area (TPSA) is 63.7 Å². The third-order valence-electron chi connectivity index (χ3n) is 3.60. The predicted octanol–water partition coefficient (Wildman–Crippen LogP) is 1.84. The van der Waals surface area contributed by atoms with Gasteiger partial charge in [-0.15, -0.1) is 0 Å². The molecule has 1 atom stereocenters. The molecule has 0 N–H and O–H groups in total. The summed E-state index contributed by atoms with van der Waals surface area (Å²) in [5.41, 5.74) is 1.21. The number of carbonyl (C=O) groups excluding carboxylic acids is 1. The highest BCUT2D eigenvalue weighted by molar-refractivity contribution is 8.13. The second-order valence-electron chi connectivity index (χ2n) is 4.90. The molecule has 1 fully saturated rings. The van der Waals surface area contributed by atoms with E-state index in [2.05, 4.69) is 0 Å². The van der Waals surface area contributed by atoms with Gasteiger partial charge in [-0.25, -0.2) is 8.42 Å². The molecule has 1 heterocycles. The summed E-state index contributed by atoms with van der Waals surface area (Å²) < 4.78 is 28.5. The van der Waals surface area contributed by atoms with Crippen LogP contribution in [0.3, 0.4) is 0 Å². The van der Waals surface area contributed by atoms with E-state index >= 15 is 0 Å². The zero-order valence-electron chi connectivity index (χ0n) is 11.5. The normalized spacial score (nSPS) is 19.5. The van der Waals surface area contributed by atoms with Gasteiger partial charge in [-0.3, -0.25) is 4.79 Å². The first-order valence-electron chi connectivity index (χ1n) is 6.18. The molecule has 1 saturated heterocycles. The van der Waals surface area contributed by atoms with Gasteiger partial charge in [-0.1, -0.05) is 0 Å². The van der Waals surface area contributed by atoms with Crippen LogP contribution < -0.4 is 4.74 Å². The van der Waals surface area contributed by atoms with Crippen LogP contribution in [0.2, 0.25) is 0 Å². The first-order valence-corrected chi connectivity index (χ1v) is 8.49. The number of likely N-dealkylation sites (N-methyl/N-ethyl adjacent to an activating group) is 1. The summed E-state index contributed by atoms with van der Waals surface area (Å²) in [5, 5.41) is 0. The van der Waals surface area contributed by atoms with Crippen molar-refractivity contribution in [2.75, 3.05) is 13.6 Å². The van der Waals surface area contributed by atoms with Crippen molar-refractivity contribution in [3.8, 4) is 5.75 Å². The maximum absolute atomic E-state index is 11.8. The van der Waals surface area contributed by atoms with Gasteiger partial charge >= 0.3 is 0 Å². The molecule has 0 spiro atoms. The largest absolute Gasteiger partial charge is 0.480 e. The van der Waals surface area contributed by atoms with Gasteiger partial charge in [0.25, 0.3) is 15.0 Å². The highest BCUT2D eigenvalue weighted by Gasteiger charge is 2.31. The van der Waals surface area contributed by atoms with Gasteiger partial charge < -0.3 is 9.64 Å². The molecule has 5 nitrogen and oxygen atoms in total. The van der Waals surface area contributed by atoms with Crippen molar-refractivity contribution < 1.29 is 17.9 Å². The first-order chi connectivity index (χ1) is 9.21. The van der Waals surface area contributed by atoms with Crippen LogP contribution in [0.4, 0.5) is 0 Å². The third kappa shape index (κ3) is 2.76.